The van der Waals surface area contributed by atoms with Gasteiger partial charge in [-0.3, -0.25) is 13.9 Å². The lowest BCUT2D eigenvalue weighted by atomic mass is 10.2. The van der Waals surface area contributed by atoms with Crippen LogP contribution in [0.1, 0.15) is 19.8 Å². The van der Waals surface area contributed by atoms with E-state index in [4.69, 9.17) is 0 Å². The molecule has 0 aromatic heterocycles. The number of rotatable bonds is 2. The summed E-state index contributed by atoms with van der Waals surface area (Å²) in [7, 11) is 0.500. The minimum atomic E-state index is -3.75. The summed E-state index contributed by atoms with van der Waals surface area (Å²) in [5.41, 5.74) is 0. The highest BCUT2D eigenvalue weighted by Gasteiger charge is 2.52. The molecule has 1 aliphatic heterocycles. The Bertz CT molecular complexity index is 182. The smallest absolute Gasteiger partial charge is 0.290 e. The first-order chi connectivity index (χ1) is 8.80. The number of alkyl halides is 8. The van der Waals surface area contributed by atoms with Crippen LogP contribution in [0.25, 0.3) is 0 Å². The topological polar surface area (TPSA) is 18.5 Å². The van der Waals surface area contributed by atoms with Gasteiger partial charge >= 0.3 is 6.29 Å². The molecule has 1 fully saturated rings. The Labute approximate surface area is 105 Å². The molecule has 2 nitrogen and oxygen atoms in total. The second kappa shape index (κ2) is 13.8. The third-order valence-corrected chi connectivity index (χ3v) is 1.38. The minimum absolute atomic E-state index is 0.0669. The summed E-state index contributed by atoms with van der Waals surface area (Å²) >= 11 is 0. The first-order valence-corrected chi connectivity index (χ1v) is 4.83. The van der Waals surface area contributed by atoms with E-state index in [1.807, 2.05) is 0 Å². The fraction of sp³-hybridized carbons (Fsp3) is 1.00. The Morgan fingerprint density at radius 3 is 1.53 bits per heavy atom. The molecule has 1 heterocycles. The van der Waals surface area contributed by atoms with E-state index < -0.39 is 32.6 Å². The van der Waals surface area contributed by atoms with Crippen molar-refractivity contribution in [3.8, 4) is 0 Å². The largest absolute Gasteiger partial charge is 0.488 e. The van der Waals surface area contributed by atoms with Crippen LogP contribution in [-0.2, 0) is 9.47 Å². The van der Waals surface area contributed by atoms with Crippen molar-refractivity contribution in [2.75, 3.05) is 27.6 Å². The zero-order valence-corrected chi connectivity index (χ0v) is 10.4. The maximum absolute atomic E-state index is 13.0. The van der Waals surface area contributed by atoms with Gasteiger partial charge in [0.2, 0.25) is 19.7 Å². The zero-order chi connectivity index (χ0) is 15.9. The van der Waals surface area contributed by atoms with Gasteiger partial charge in [-0.25, -0.2) is 22.0 Å². The van der Waals surface area contributed by atoms with Gasteiger partial charge in [0, 0.05) is 6.42 Å². The Hall–Kier alpha value is -0.640. The van der Waals surface area contributed by atoms with Crippen molar-refractivity contribution in [1.82, 2.24) is 0 Å². The zero-order valence-electron chi connectivity index (χ0n) is 10.4. The van der Waals surface area contributed by atoms with Gasteiger partial charge in [0.1, 0.15) is 6.61 Å². The molecule has 1 unspecified atom stereocenters. The fourth-order valence-corrected chi connectivity index (χ4v) is 0.960. The van der Waals surface area contributed by atoms with E-state index in [0.717, 1.165) is 0 Å². The Morgan fingerprint density at radius 2 is 1.32 bits per heavy atom. The monoisotopic (exact) mass is 308 g/mol. The first kappa shape index (κ1) is 23.5. The summed E-state index contributed by atoms with van der Waals surface area (Å²) < 4.78 is 92.7. The van der Waals surface area contributed by atoms with Crippen LogP contribution in [0, 0.1) is 0 Å². The molecular weight excluding hydrogens is 292 g/mol. The van der Waals surface area contributed by atoms with Crippen molar-refractivity contribution in [1.29, 1.82) is 0 Å². The first-order valence-electron chi connectivity index (χ1n) is 4.83. The molecule has 0 saturated carbocycles. The van der Waals surface area contributed by atoms with Crippen LogP contribution in [0.15, 0.2) is 0 Å². The lowest BCUT2D eigenvalue weighted by molar-refractivity contribution is -0.368. The molecule has 0 aliphatic carbocycles. The van der Waals surface area contributed by atoms with E-state index in [9.17, 15) is 35.1 Å². The van der Waals surface area contributed by atoms with Crippen molar-refractivity contribution in [2.24, 2.45) is 0 Å². The summed E-state index contributed by atoms with van der Waals surface area (Å²) in [6, 6.07) is 0. The van der Waals surface area contributed by atoms with Crippen molar-refractivity contribution >= 4 is 0 Å². The maximum Gasteiger partial charge on any atom is 0.488 e. The van der Waals surface area contributed by atoms with E-state index >= 15 is 0 Å². The summed E-state index contributed by atoms with van der Waals surface area (Å²) in [5.74, 6) is -2.29. The SMILES string of the molecule is CCCC1(F)COC(F)(F)O1.CF.FCF.FCF. The lowest BCUT2D eigenvalue weighted by Crippen LogP contribution is -2.27. The molecule has 19 heavy (non-hydrogen) atoms. The van der Waals surface area contributed by atoms with E-state index in [1.165, 1.54) is 0 Å². The van der Waals surface area contributed by atoms with Crippen LogP contribution < -0.4 is 0 Å². The Balaban J connectivity index is -0.000000269. The molecule has 1 rings (SSSR count). The van der Waals surface area contributed by atoms with E-state index in [0.29, 0.717) is 13.6 Å². The van der Waals surface area contributed by atoms with Gasteiger partial charge < -0.3 is 0 Å². The predicted octanol–water partition coefficient (Wildman–Crippen LogP) is 4.40. The molecule has 0 aromatic rings. The third kappa shape index (κ3) is 15.3. The molecule has 1 atom stereocenters. The maximum atomic E-state index is 13.0. The molecule has 0 spiro atoms. The van der Waals surface area contributed by atoms with Crippen molar-refractivity contribution in [2.45, 2.75) is 31.9 Å². The fourth-order valence-electron chi connectivity index (χ4n) is 0.960. The molecule has 0 aromatic carbocycles. The van der Waals surface area contributed by atoms with Crippen LogP contribution in [0.4, 0.5) is 35.1 Å². The van der Waals surface area contributed by atoms with E-state index in [-0.39, 0.29) is 6.42 Å². The normalized spacial score (nSPS) is 23.1. The van der Waals surface area contributed by atoms with Crippen LogP contribution in [0.3, 0.4) is 0 Å². The van der Waals surface area contributed by atoms with Crippen molar-refractivity contribution in [3.63, 3.8) is 0 Å². The summed E-state index contributed by atoms with van der Waals surface area (Å²) in [5, 5.41) is 0. The predicted molar refractivity (Wildman–Crippen MR) is 51.9 cm³/mol. The van der Waals surface area contributed by atoms with Crippen molar-refractivity contribution in [3.05, 3.63) is 0 Å². The average molecular weight is 308 g/mol. The van der Waals surface area contributed by atoms with Crippen LogP contribution >= 0.6 is 0 Å². The number of hydrogen-bond donors (Lipinski definition) is 0. The number of hydrogen-bond acceptors (Lipinski definition) is 2. The van der Waals surface area contributed by atoms with Gasteiger partial charge in [-0.2, -0.15) is 0 Å². The van der Waals surface area contributed by atoms with E-state index in [1.54, 1.807) is 6.92 Å². The molecule has 0 N–H and O–H groups in total. The van der Waals surface area contributed by atoms with Gasteiger partial charge in [-0.05, 0) is 0 Å². The quantitative estimate of drug-likeness (QED) is 0.704. The van der Waals surface area contributed by atoms with Crippen molar-refractivity contribution < 1.29 is 44.6 Å². The highest BCUT2D eigenvalue weighted by Crippen LogP contribution is 2.37. The highest BCUT2D eigenvalue weighted by atomic mass is 19.3. The lowest BCUT2D eigenvalue weighted by Gasteiger charge is -2.15. The molecule has 0 amide bonds. The molecular formula is C9H16F8O2. The summed E-state index contributed by atoms with van der Waals surface area (Å²) in [6.07, 6.45) is -3.37. The molecule has 10 heteroatoms. The van der Waals surface area contributed by atoms with Gasteiger partial charge in [-0.15, -0.1) is 8.78 Å². The molecule has 0 bridgehead atoms. The summed E-state index contributed by atoms with van der Waals surface area (Å²) in [4.78, 5) is 0. The molecule has 120 valence electrons. The minimum Gasteiger partial charge on any atom is -0.290 e. The number of ether oxygens (including phenoxy) is 2. The Morgan fingerprint density at radius 1 is 0.947 bits per heavy atom. The molecule has 0 radical (unpaired) electrons. The average Bonchev–Trinajstić information content (AvgIpc) is 2.58. The van der Waals surface area contributed by atoms with E-state index in [2.05, 4.69) is 9.47 Å². The molecule has 1 aliphatic rings. The third-order valence-electron chi connectivity index (χ3n) is 1.38. The standard InChI is InChI=1S/C6H9F3O2.2CH2F2.CH3F/c1-2-3-5(7)4-10-6(8,9)11-5;2*2-1-3;1-2/h2-4H2,1H3;2*1H2;1H3. The number of halogens is 8. The second-order valence-corrected chi connectivity index (χ2v) is 2.69. The second-order valence-electron chi connectivity index (χ2n) is 2.69. The van der Waals surface area contributed by atoms with Gasteiger partial charge in [0.05, 0.1) is 7.18 Å². The van der Waals surface area contributed by atoms with Gasteiger partial charge in [0.15, 0.2) is 0 Å². The Kier molecular flexibility index (Phi) is 17.0. The van der Waals surface area contributed by atoms with Gasteiger partial charge in [0.25, 0.3) is 0 Å². The molecule has 1 saturated heterocycles. The van der Waals surface area contributed by atoms with Crippen LogP contribution in [-0.4, -0.2) is 39.8 Å². The summed E-state index contributed by atoms with van der Waals surface area (Å²) in [6.45, 7) is -2.50. The highest BCUT2D eigenvalue weighted by molar-refractivity contribution is 4.72. The van der Waals surface area contributed by atoms with Crippen LogP contribution in [0.2, 0.25) is 0 Å². The van der Waals surface area contributed by atoms with Gasteiger partial charge in [-0.1, -0.05) is 13.3 Å². The van der Waals surface area contributed by atoms with Crippen LogP contribution in [0.5, 0.6) is 0 Å².